The predicted octanol–water partition coefficient (Wildman–Crippen LogP) is 3.81. The molecule has 1 N–H and O–H groups in total. The summed E-state index contributed by atoms with van der Waals surface area (Å²) < 4.78 is 21.8. The van der Waals surface area contributed by atoms with Gasteiger partial charge in [0, 0.05) is 5.56 Å². The van der Waals surface area contributed by atoms with Crippen molar-refractivity contribution in [2.75, 3.05) is 20.8 Å². The molecule has 7 nitrogen and oxygen atoms in total. The number of benzene rings is 3. The van der Waals surface area contributed by atoms with Crippen LogP contribution in [0.1, 0.15) is 11.1 Å². The van der Waals surface area contributed by atoms with Crippen LogP contribution >= 0.6 is 0 Å². The van der Waals surface area contributed by atoms with Gasteiger partial charge in [0.2, 0.25) is 0 Å². The van der Waals surface area contributed by atoms with Crippen molar-refractivity contribution in [3.63, 3.8) is 0 Å². The van der Waals surface area contributed by atoms with Crippen molar-refractivity contribution >= 4 is 12.1 Å². The quantitative estimate of drug-likeness (QED) is 0.399. The molecule has 0 aliphatic heterocycles. The maximum atomic E-state index is 12.0. The van der Waals surface area contributed by atoms with E-state index in [-0.39, 0.29) is 12.5 Å². The molecule has 1 amide bonds. The molecule has 31 heavy (non-hydrogen) atoms. The van der Waals surface area contributed by atoms with Crippen molar-refractivity contribution in [3.05, 3.63) is 83.9 Å². The Kier molecular flexibility index (Phi) is 7.88. The smallest absolute Gasteiger partial charge is 0.277 e. The van der Waals surface area contributed by atoms with Gasteiger partial charge in [-0.2, -0.15) is 5.10 Å². The molecule has 0 atom stereocenters. The molecule has 0 bridgehead atoms. The summed E-state index contributed by atoms with van der Waals surface area (Å²) >= 11 is 0. The molecule has 0 fully saturated rings. The molecule has 0 spiro atoms. The van der Waals surface area contributed by atoms with Gasteiger partial charge in [-0.3, -0.25) is 4.79 Å². The number of hydrogen-bond acceptors (Lipinski definition) is 6. The van der Waals surface area contributed by atoms with Gasteiger partial charge in [0.25, 0.3) is 5.91 Å². The standard InChI is InChI=1S/C24H24N2O5/c1-28-22-10-6-9-19(24(22)29-2)15-25-26-23(27)17-31-21-13-11-20(12-14-21)30-16-18-7-4-3-5-8-18/h3-15H,16-17H2,1-2H3,(H,26,27)/b25-15-. The summed E-state index contributed by atoms with van der Waals surface area (Å²) in [5.74, 6) is 2.01. The minimum Gasteiger partial charge on any atom is -0.493 e. The summed E-state index contributed by atoms with van der Waals surface area (Å²) in [6, 6.07) is 22.4. The second-order valence-corrected chi connectivity index (χ2v) is 6.41. The Hall–Kier alpha value is -4.00. The summed E-state index contributed by atoms with van der Waals surface area (Å²) in [6.07, 6.45) is 1.48. The van der Waals surface area contributed by atoms with E-state index in [1.54, 1.807) is 56.7 Å². The molecule has 3 aromatic carbocycles. The predicted molar refractivity (Wildman–Crippen MR) is 118 cm³/mol. The molecule has 0 aromatic heterocycles. The van der Waals surface area contributed by atoms with Gasteiger partial charge in [-0.25, -0.2) is 5.43 Å². The zero-order valence-corrected chi connectivity index (χ0v) is 17.4. The maximum Gasteiger partial charge on any atom is 0.277 e. The highest BCUT2D eigenvalue weighted by molar-refractivity contribution is 5.86. The van der Waals surface area contributed by atoms with Crippen LogP contribution in [0.3, 0.4) is 0 Å². The summed E-state index contributed by atoms with van der Waals surface area (Å²) in [6.45, 7) is 0.316. The lowest BCUT2D eigenvalue weighted by atomic mass is 10.2. The first-order chi connectivity index (χ1) is 15.2. The van der Waals surface area contributed by atoms with Gasteiger partial charge in [0.15, 0.2) is 18.1 Å². The van der Waals surface area contributed by atoms with E-state index in [0.29, 0.717) is 29.4 Å². The second-order valence-electron chi connectivity index (χ2n) is 6.41. The number of hydrazone groups is 1. The largest absolute Gasteiger partial charge is 0.493 e. The van der Waals surface area contributed by atoms with E-state index < -0.39 is 0 Å². The first-order valence-corrected chi connectivity index (χ1v) is 9.62. The van der Waals surface area contributed by atoms with Crippen LogP contribution in [-0.2, 0) is 11.4 Å². The number of para-hydroxylation sites is 1. The molecule has 0 saturated carbocycles. The number of hydrogen-bond donors (Lipinski definition) is 1. The summed E-state index contributed by atoms with van der Waals surface area (Å²) in [7, 11) is 3.10. The number of ether oxygens (including phenoxy) is 4. The monoisotopic (exact) mass is 420 g/mol. The minimum absolute atomic E-state index is 0.170. The van der Waals surface area contributed by atoms with Gasteiger partial charge in [-0.05, 0) is 42.0 Å². The van der Waals surface area contributed by atoms with Crippen LogP contribution in [0.15, 0.2) is 77.9 Å². The lowest BCUT2D eigenvalue weighted by molar-refractivity contribution is -0.123. The van der Waals surface area contributed by atoms with Gasteiger partial charge in [-0.1, -0.05) is 36.4 Å². The van der Waals surface area contributed by atoms with E-state index in [9.17, 15) is 4.79 Å². The van der Waals surface area contributed by atoms with E-state index in [4.69, 9.17) is 18.9 Å². The number of carbonyl (C=O) groups is 1. The fourth-order valence-corrected chi connectivity index (χ4v) is 2.74. The van der Waals surface area contributed by atoms with Gasteiger partial charge in [-0.15, -0.1) is 0 Å². The van der Waals surface area contributed by atoms with Gasteiger partial charge < -0.3 is 18.9 Å². The molecular formula is C24H24N2O5. The summed E-state index contributed by atoms with van der Waals surface area (Å²) in [4.78, 5) is 12.0. The summed E-state index contributed by atoms with van der Waals surface area (Å²) in [5, 5.41) is 3.94. The highest BCUT2D eigenvalue weighted by atomic mass is 16.5. The maximum absolute atomic E-state index is 12.0. The van der Waals surface area contributed by atoms with Crippen LogP contribution in [0, 0.1) is 0 Å². The van der Waals surface area contributed by atoms with Crippen molar-refractivity contribution in [2.24, 2.45) is 5.10 Å². The van der Waals surface area contributed by atoms with Crippen LogP contribution in [0.5, 0.6) is 23.0 Å². The van der Waals surface area contributed by atoms with Crippen molar-refractivity contribution in [1.82, 2.24) is 5.43 Å². The fourth-order valence-electron chi connectivity index (χ4n) is 2.74. The zero-order chi connectivity index (χ0) is 21.9. The molecule has 0 aliphatic carbocycles. The third-order valence-electron chi connectivity index (χ3n) is 4.27. The van der Waals surface area contributed by atoms with E-state index in [1.807, 2.05) is 30.3 Å². The molecule has 3 aromatic rings. The molecule has 7 heteroatoms. The Bertz CT molecular complexity index is 1000. The van der Waals surface area contributed by atoms with Crippen molar-refractivity contribution in [2.45, 2.75) is 6.61 Å². The van der Waals surface area contributed by atoms with E-state index in [2.05, 4.69) is 10.5 Å². The van der Waals surface area contributed by atoms with E-state index >= 15 is 0 Å². The highest BCUT2D eigenvalue weighted by Crippen LogP contribution is 2.29. The zero-order valence-electron chi connectivity index (χ0n) is 17.4. The van der Waals surface area contributed by atoms with Crippen LogP contribution in [-0.4, -0.2) is 32.9 Å². The van der Waals surface area contributed by atoms with Crippen LogP contribution in [0.4, 0.5) is 0 Å². The Morgan fingerprint density at radius 3 is 2.26 bits per heavy atom. The summed E-state index contributed by atoms with van der Waals surface area (Å²) in [5.41, 5.74) is 4.19. The Morgan fingerprint density at radius 2 is 1.58 bits per heavy atom. The number of methoxy groups -OCH3 is 2. The molecule has 0 saturated heterocycles. The molecule has 0 heterocycles. The fraction of sp³-hybridized carbons (Fsp3) is 0.167. The lowest BCUT2D eigenvalue weighted by Crippen LogP contribution is -2.24. The Morgan fingerprint density at radius 1 is 0.871 bits per heavy atom. The SMILES string of the molecule is COc1cccc(/C=N\NC(=O)COc2ccc(OCc3ccccc3)cc2)c1OC. The van der Waals surface area contributed by atoms with Crippen molar-refractivity contribution in [1.29, 1.82) is 0 Å². The molecule has 3 rings (SSSR count). The van der Waals surface area contributed by atoms with Crippen molar-refractivity contribution < 1.29 is 23.7 Å². The van der Waals surface area contributed by atoms with Crippen LogP contribution in [0.25, 0.3) is 0 Å². The first kappa shape index (κ1) is 21.7. The molecule has 0 unspecified atom stereocenters. The number of carbonyl (C=O) groups excluding carboxylic acids is 1. The average Bonchev–Trinajstić information content (AvgIpc) is 2.82. The molecular weight excluding hydrogens is 396 g/mol. The van der Waals surface area contributed by atoms with Crippen LogP contribution < -0.4 is 24.4 Å². The topological polar surface area (TPSA) is 78.4 Å². The first-order valence-electron chi connectivity index (χ1n) is 9.62. The minimum atomic E-state index is -0.387. The number of nitrogens with zero attached hydrogens (tertiary/aromatic N) is 1. The highest BCUT2D eigenvalue weighted by Gasteiger charge is 2.08. The van der Waals surface area contributed by atoms with Crippen molar-refractivity contribution in [3.8, 4) is 23.0 Å². The average molecular weight is 420 g/mol. The number of rotatable bonds is 10. The van der Waals surface area contributed by atoms with Gasteiger partial charge in [0.05, 0.1) is 20.4 Å². The molecule has 0 radical (unpaired) electrons. The third-order valence-corrected chi connectivity index (χ3v) is 4.27. The third kappa shape index (κ3) is 6.50. The normalized spacial score (nSPS) is 10.5. The number of amides is 1. The van der Waals surface area contributed by atoms with Gasteiger partial charge in [0.1, 0.15) is 18.1 Å². The lowest BCUT2D eigenvalue weighted by Gasteiger charge is -2.09. The van der Waals surface area contributed by atoms with E-state index in [1.165, 1.54) is 6.21 Å². The Balaban J connectivity index is 1.45. The second kappa shape index (κ2) is 11.3. The van der Waals surface area contributed by atoms with E-state index in [0.717, 1.165) is 11.3 Å². The Labute approximate surface area is 181 Å². The number of nitrogens with one attached hydrogen (secondary N) is 1. The molecule has 0 aliphatic rings. The molecule has 160 valence electrons. The van der Waals surface area contributed by atoms with Gasteiger partial charge >= 0.3 is 0 Å². The van der Waals surface area contributed by atoms with Crippen LogP contribution in [0.2, 0.25) is 0 Å².